The number of aryl methyl sites for hydroxylation is 3. The largest absolute Gasteiger partial charge is 0.428 e. The van der Waals surface area contributed by atoms with Crippen LogP contribution in [0.4, 0.5) is 5.69 Å². The highest BCUT2D eigenvalue weighted by atomic mass is 32.2. The van der Waals surface area contributed by atoms with Crippen LogP contribution in [0.2, 0.25) is 0 Å². The monoisotopic (exact) mass is 409 g/mol. The molecular weight excluding hydrogens is 386 g/mol. The molecule has 0 N–H and O–H groups in total. The number of aliphatic imine (C=N–C) groups is 1. The van der Waals surface area contributed by atoms with Crippen molar-refractivity contribution >= 4 is 28.4 Å². The zero-order chi connectivity index (χ0) is 21.0. The second-order valence-corrected chi connectivity index (χ2v) is 8.04. The lowest BCUT2D eigenvalue weighted by Gasteiger charge is -2.06. The van der Waals surface area contributed by atoms with E-state index < -0.39 is 10.3 Å². The summed E-state index contributed by atoms with van der Waals surface area (Å²) in [5.74, 6) is 0.216. The molecule has 0 amide bonds. The van der Waals surface area contributed by atoms with E-state index in [1.165, 1.54) is 11.8 Å². The van der Waals surface area contributed by atoms with Crippen LogP contribution in [0.5, 0.6) is 5.75 Å². The third-order valence-electron chi connectivity index (χ3n) is 4.42. The van der Waals surface area contributed by atoms with E-state index in [1.807, 2.05) is 31.5 Å². The lowest BCUT2D eigenvalue weighted by molar-refractivity contribution is 0.488. The molecule has 0 bridgehead atoms. The zero-order valence-electron chi connectivity index (χ0n) is 16.8. The van der Waals surface area contributed by atoms with Crippen LogP contribution in [-0.4, -0.2) is 25.4 Å². The van der Waals surface area contributed by atoms with Gasteiger partial charge in [0.05, 0.1) is 29.5 Å². The van der Waals surface area contributed by atoms with E-state index in [1.54, 1.807) is 42.6 Å². The van der Waals surface area contributed by atoms with Crippen molar-refractivity contribution in [2.75, 3.05) is 0 Å². The molecule has 0 fully saturated rings. The smallest absolute Gasteiger partial charge is 0.366 e. The van der Waals surface area contributed by atoms with Gasteiger partial charge in [-0.05, 0) is 56.2 Å². The van der Waals surface area contributed by atoms with Crippen LogP contribution in [0.15, 0.2) is 64.0 Å². The molecule has 29 heavy (non-hydrogen) atoms. The highest BCUT2D eigenvalue weighted by Crippen LogP contribution is 2.25. The first kappa shape index (κ1) is 20.5. The second-order valence-electron chi connectivity index (χ2n) is 6.81. The van der Waals surface area contributed by atoms with E-state index in [9.17, 15) is 8.42 Å². The molecular formula is C22H23N3O3S. The van der Waals surface area contributed by atoms with E-state index in [-0.39, 0.29) is 5.75 Å². The molecule has 0 aliphatic carbocycles. The molecule has 0 saturated heterocycles. The number of nitrogens with zero attached hydrogens (tertiary/aromatic N) is 3. The number of rotatable bonds is 6. The molecule has 0 saturated carbocycles. The molecule has 1 heterocycles. The Bertz CT molecular complexity index is 1150. The van der Waals surface area contributed by atoms with Gasteiger partial charge in [0.15, 0.2) is 0 Å². The Morgan fingerprint density at radius 3 is 2.10 bits per heavy atom. The number of aromatic nitrogens is 1. The second kappa shape index (κ2) is 8.45. The highest BCUT2D eigenvalue weighted by Gasteiger charge is 2.10. The van der Waals surface area contributed by atoms with Gasteiger partial charge < -0.3 is 8.75 Å². The Labute approximate surface area is 171 Å². The summed E-state index contributed by atoms with van der Waals surface area (Å²) in [6.45, 7) is 6.13. The van der Waals surface area contributed by atoms with Gasteiger partial charge in [-0.2, -0.15) is 8.42 Å². The summed E-state index contributed by atoms with van der Waals surface area (Å²) in [6.07, 6.45) is 3.02. The predicted octanol–water partition coefficient (Wildman–Crippen LogP) is 4.44. The summed E-state index contributed by atoms with van der Waals surface area (Å²) in [6, 6.07) is 16.1. The average Bonchev–Trinajstić information content (AvgIpc) is 3.00. The molecule has 2 aromatic carbocycles. The van der Waals surface area contributed by atoms with Gasteiger partial charge in [0.25, 0.3) is 0 Å². The van der Waals surface area contributed by atoms with Gasteiger partial charge in [0.2, 0.25) is 0 Å². The minimum Gasteiger partial charge on any atom is -0.366 e. The summed E-state index contributed by atoms with van der Waals surface area (Å²) in [5.41, 5.74) is 5.80. The normalized spacial score (nSPS) is 12.1. The summed E-state index contributed by atoms with van der Waals surface area (Å²) in [5, 5.41) is 0. The fourth-order valence-corrected chi connectivity index (χ4v) is 3.68. The van der Waals surface area contributed by atoms with E-state index in [0.29, 0.717) is 5.69 Å². The van der Waals surface area contributed by atoms with Gasteiger partial charge in [0, 0.05) is 7.05 Å². The minimum atomic E-state index is -4.09. The number of para-hydroxylation sites is 1. The predicted molar refractivity (Wildman–Crippen MR) is 117 cm³/mol. The maximum Gasteiger partial charge on any atom is 0.428 e. The maximum absolute atomic E-state index is 12.0. The minimum absolute atomic E-state index is 0.216. The molecule has 0 spiro atoms. The topological polar surface area (TPSA) is 73.0 Å². The summed E-state index contributed by atoms with van der Waals surface area (Å²) in [4.78, 5) is 4.62. The fraction of sp³-hybridized carbons (Fsp3) is 0.182. The lowest BCUT2D eigenvalue weighted by Crippen LogP contribution is -2.07. The van der Waals surface area contributed by atoms with Crippen LogP contribution in [0.25, 0.3) is 0 Å². The highest BCUT2D eigenvalue weighted by molar-refractivity contribution is 7.85. The Kier molecular flexibility index (Phi) is 5.98. The molecule has 0 aliphatic heterocycles. The number of hydrogen-bond acceptors (Lipinski definition) is 4. The van der Waals surface area contributed by atoms with Crippen LogP contribution in [0.1, 0.15) is 28.1 Å². The van der Waals surface area contributed by atoms with Crippen molar-refractivity contribution in [2.24, 2.45) is 16.4 Å². The summed E-state index contributed by atoms with van der Waals surface area (Å²) in [7, 11) is -2.27. The van der Waals surface area contributed by atoms with Crippen molar-refractivity contribution in [3.63, 3.8) is 0 Å². The van der Waals surface area contributed by atoms with Crippen LogP contribution in [-0.2, 0) is 17.4 Å². The standard InChI is InChI=1S/C22H23N3O3S/c1-16-12-17(2)22(18(3)13-16)23-14-19-10-11-20(25(19)4)15-24-29(26,27)28-21-8-6-5-7-9-21/h5-15H,1-4H3/b23-14?,24-15+. The molecule has 7 heteroatoms. The van der Waals surface area contributed by atoms with Gasteiger partial charge in [-0.25, -0.2) is 0 Å². The van der Waals surface area contributed by atoms with Crippen LogP contribution < -0.4 is 4.18 Å². The Morgan fingerprint density at radius 1 is 0.897 bits per heavy atom. The molecule has 0 atom stereocenters. The van der Waals surface area contributed by atoms with Gasteiger partial charge in [-0.15, -0.1) is 4.40 Å². The first-order chi connectivity index (χ1) is 13.7. The van der Waals surface area contributed by atoms with Gasteiger partial charge in [0.1, 0.15) is 5.75 Å². The van der Waals surface area contributed by atoms with Crippen molar-refractivity contribution in [1.29, 1.82) is 0 Å². The Hall–Kier alpha value is -3.19. The van der Waals surface area contributed by atoms with Crippen molar-refractivity contribution in [3.8, 4) is 5.75 Å². The van der Waals surface area contributed by atoms with Crippen LogP contribution in [0, 0.1) is 20.8 Å². The Morgan fingerprint density at radius 2 is 1.48 bits per heavy atom. The first-order valence-electron chi connectivity index (χ1n) is 9.07. The molecule has 3 aromatic rings. The molecule has 1 aromatic heterocycles. The zero-order valence-corrected chi connectivity index (χ0v) is 17.6. The van der Waals surface area contributed by atoms with E-state index in [0.717, 1.165) is 22.5 Å². The van der Waals surface area contributed by atoms with Gasteiger partial charge in [-0.3, -0.25) is 4.99 Å². The van der Waals surface area contributed by atoms with E-state index in [2.05, 4.69) is 28.4 Å². The van der Waals surface area contributed by atoms with Gasteiger partial charge >= 0.3 is 10.3 Å². The van der Waals surface area contributed by atoms with Crippen LogP contribution >= 0.6 is 0 Å². The number of benzene rings is 2. The third kappa shape index (κ3) is 5.20. The average molecular weight is 410 g/mol. The molecule has 0 aliphatic rings. The molecule has 0 unspecified atom stereocenters. The Balaban J connectivity index is 1.78. The van der Waals surface area contributed by atoms with Crippen LogP contribution in [0.3, 0.4) is 0 Å². The molecule has 0 radical (unpaired) electrons. The van der Waals surface area contributed by atoms with Crippen molar-refractivity contribution in [1.82, 2.24) is 4.57 Å². The van der Waals surface area contributed by atoms with Crippen molar-refractivity contribution in [2.45, 2.75) is 20.8 Å². The maximum atomic E-state index is 12.0. The third-order valence-corrected chi connectivity index (χ3v) is 5.19. The summed E-state index contributed by atoms with van der Waals surface area (Å²) < 4.78 is 34.5. The number of hydrogen-bond donors (Lipinski definition) is 0. The van der Waals surface area contributed by atoms with Crippen molar-refractivity contribution in [3.05, 3.63) is 82.7 Å². The molecule has 6 nitrogen and oxygen atoms in total. The fourth-order valence-electron chi connectivity index (χ4n) is 3.05. The molecule has 150 valence electrons. The van der Waals surface area contributed by atoms with E-state index >= 15 is 0 Å². The molecule has 3 rings (SSSR count). The first-order valence-corrected chi connectivity index (χ1v) is 10.4. The van der Waals surface area contributed by atoms with Gasteiger partial charge in [-0.1, -0.05) is 35.9 Å². The quantitative estimate of drug-likeness (QED) is 0.565. The lowest BCUT2D eigenvalue weighted by atomic mass is 10.1. The summed E-state index contributed by atoms with van der Waals surface area (Å²) >= 11 is 0. The van der Waals surface area contributed by atoms with E-state index in [4.69, 9.17) is 4.18 Å². The SMILES string of the molecule is Cc1cc(C)c(N=Cc2ccc(/C=N/S(=O)(=O)Oc3ccccc3)n2C)c(C)c1. The van der Waals surface area contributed by atoms with Crippen molar-refractivity contribution < 1.29 is 12.6 Å².